The van der Waals surface area contributed by atoms with Crippen LogP contribution in [0.4, 0.5) is 11.4 Å². The van der Waals surface area contributed by atoms with Crippen LogP contribution in [0.2, 0.25) is 0 Å². The lowest BCUT2D eigenvalue weighted by Gasteiger charge is -2.48. The molecule has 2 fully saturated rings. The van der Waals surface area contributed by atoms with E-state index in [9.17, 15) is 0 Å². The van der Waals surface area contributed by atoms with E-state index in [-0.39, 0.29) is 6.23 Å². The first-order valence-corrected chi connectivity index (χ1v) is 9.55. The third kappa shape index (κ3) is 4.25. The highest BCUT2D eigenvalue weighted by molar-refractivity contribution is 5.54. The number of nitrogens with two attached hydrogens (primary N) is 1. The highest BCUT2D eigenvalue weighted by atomic mass is 16.5. The van der Waals surface area contributed by atoms with Gasteiger partial charge in [-0.3, -0.25) is 9.88 Å². The van der Waals surface area contributed by atoms with Crippen molar-refractivity contribution >= 4 is 11.4 Å². The van der Waals surface area contributed by atoms with Crippen LogP contribution in [0.3, 0.4) is 0 Å². The van der Waals surface area contributed by atoms with Crippen LogP contribution < -0.4 is 10.6 Å². The summed E-state index contributed by atoms with van der Waals surface area (Å²) in [5.41, 5.74) is 7.73. The number of anilines is 2. The van der Waals surface area contributed by atoms with Crippen LogP contribution in [-0.2, 0) is 4.74 Å². The van der Waals surface area contributed by atoms with Gasteiger partial charge in [-0.2, -0.15) is 0 Å². The summed E-state index contributed by atoms with van der Waals surface area (Å²) >= 11 is 0. The molecule has 2 aliphatic heterocycles. The minimum atomic E-state index is 0.0809. The number of aromatic nitrogens is 1. The molecule has 25 heavy (non-hydrogen) atoms. The van der Waals surface area contributed by atoms with Crippen LogP contribution in [0, 0.1) is 5.92 Å². The molecule has 2 saturated heterocycles. The van der Waals surface area contributed by atoms with Gasteiger partial charge in [0.1, 0.15) is 6.23 Å². The van der Waals surface area contributed by atoms with Crippen molar-refractivity contribution in [2.75, 3.05) is 57.5 Å². The van der Waals surface area contributed by atoms with Crippen molar-refractivity contribution < 1.29 is 4.74 Å². The van der Waals surface area contributed by atoms with E-state index in [4.69, 9.17) is 10.5 Å². The number of likely N-dealkylation sites (N-methyl/N-ethyl adjacent to an activating group) is 1. The molecule has 0 amide bonds. The Bertz CT molecular complexity index is 554. The molecule has 3 heterocycles. The van der Waals surface area contributed by atoms with Gasteiger partial charge in [-0.15, -0.1) is 0 Å². The second-order valence-electron chi connectivity index (χ2n) is 7.48. The van der Waals surface area contributed by atoms with Crippen LogP contribution in [0.15, 0.2) is 18.5 Å². The first-order chi connectivity index (χ1) is 12.1. The maximum absolute atomic E-state index is 5.95. The lowest BCUT2D eigenvalue weighted by atomic mass is 9.87. The summed E-state index contributed by atoms with van der Waals surface area (Å²) < 4.78 is 5.88. The van der Waals surface area contributed by atoms with E-state index >= 15 is 0 Å². The summed E-state index contributed by atoms with van der Waals surface area (Å²) in [6.07, 6.45) is 7.15. The fourth-order valence-corrected chi connectivity index (χ4v) is 4.36. The zero-order chi connectivity index (χ0) is 17.8. The number of hydrogen-bond donors (Lipinski definition) is 1. The summed E-state index contributed by atoms with van der Waals surface area (Å²) in [5.74, 6) is 0.635. The predicted octanol–water partition coefficient (Wildman–Crippen LogP) is 1.88. The van der Waals surface area contributed by atoms with Crippen LogP contribution in [-0.4, -0.2) is 73.9 Å². The van der Waals surface area contributed by atoms with E-state index in [0.29, 0.717) is 17.6 Å². The molecule has 0 aromatic carbocycles. The summed E-state index contributed by atoms with van der Waals surface area (Å²) in [5, 5.41) is 0. The van der Waals surface area contributed by atoms with Gasteiger partial charge < -0.3 is 20.3 Å². The third-order valence-corrected chi connectivity index (χ3v) is 5.86. The summed E-state index contributed by atoms with van der Waals surface area (Å²) in [6.45, 7) is 8.03. The van der Waals surface area contributed by atoms with Crippen molar-refractivity contribution in [2.45, 2.75) is 38.5 Å². The normalized spacial score (nSPS) is 29.6. The maximum atomic E-state index is 5.95. The Kier molecular flexibility index (Phi) is 6.15. The van der Waals surface area contributed by atoms with Gasteiger partial charge in [0.25, 0.3) is 0 Å². The first kappa shape index (κ1) is 18.4. The van der Waals surface area contributed by atoms with Crippen LogP contribution in [0.1, 0.15) is 26.2 Å². The maximum Gasteiger partial charge on any atom is 0.131 e. The van der Waals surface area contributed by atoms with Crippen molar-refractivity contribution in [2.24, 2.45) is 5.92 Å². The third-order valence-electron chi connectivity index (χ3n) is 5.86. The second-order valence-corrected chi connectivity index (χ2v) is 7.48. The molecule has 3 rings (SSSR count). The molecule has 6 nitrogen and oxygen atoms in total. The highest BCUT2D eigenvalue weighted by Gasteiger charge is 2.38. The molecular formula is C19H33N5O. The van der Waals surface area contributed by atoms with E-state index in [0.717, 1.165) is 31.7 Å². The monoisotopic (exact) mass is 347 g/mol. The van der Waals surface area contributed by atoms with Crippen molar-refractivity contribution in [3.05, 3.63) is 18.5 Å². The van der Waals surface area contributed by atoms with E-state index in [1.54, 1.807) is 6.20 Å². The molecule has 0 spiro atoms. The van der Waals surface area contributed by atoms with E-state index < -0.39 is 0 Å². The van der Waals surface area contributed by atoms with Gasteiger partial charge in [0.15, 0.2) is 0 Å². The second kappa shape index (κ2) is 8.34. The number of rotatable bonds is 4. The molecule has 3 atom stereocenters. The molecule has 0 saturated carbocycles. The Morgan fingerprint density at radius 3 is 2.80 bits per heavy atom. The van der Waals surface area contributed by atoms with Gasteiger partial charge in [-0.05, 0) is 38.5 Å². The Morgan fingerprint density at radius 1 is 1.24 bits per heavy atom. The number of piperidine rings is 1. The minimum Gasteiger partial charge on any atom is -0.397 e. The highest BCUT2D eigenvalue weighted by Crippen LogP contribution is 2.33. The molecule has 2 N–H and O–H groups in total. The van der Waals surface area contributed by atoms with Gasteiger partial charge in [0.05, 0.1) is 17.6 Å². The zero-order valence-electron chi connectivity index (χ0n) is 15.9. The zero-order valence-corrected chi connectivity index (χ0v) is 15.9. The average molecular weight is 348 g/mol. The number of hydrogen-bond acceptors (Lipinski definition) is 6. The van der Waals surface area contributed by atoms with Crippen molar-refractivity contribution in [3.63, 3.8) is 0 Å². The number of methoxy groups -OCH3 is 1. The largest absolute Gasteiger partial charge is 0.397 e. The quantitative estimate of drug-likeness (QED) is 0.897. The predicted molar refractivity (Wildman–Crippen MR) is 103 cm³/mol. The molecule has 1 aromatic rings. The van der Waals surface area contributed by atoms with Gasteiger partial charge >= 0.3 is 0 Å². The standard InChI is InChI=1S/C19H33N5O/c1-4-15-14-24(17-10-16(20)12-21-13-17)19(25-3)11-18(15)23-7-5-6-22(2)8-9-23/h10,12-13,15,18-19H,4-9,11,14,20H2,1-3H3. The van der Waals surface area contributed by atoms with Crippen LogP contribution in [0.25, 0.3) is 0 Å². The summed E-state index contributed by atoms with van der Waals surface area (Å²) in [7, 11) is 4.05. The molecule has 140 valence electrons. The van der Waals surface area contributed by atoms with Gasteiger partial charge in [-0.25, -0.2) is 0 Å². The lowest BCUT2D eigenvalue weighted by Crippen LogP contribution is -2.56. The lowest BCUT2D eigenvalue weighted by molar-refractivity contribution is 0.0125. The minimum absolute atomic E-state index is 0.0809. The molecule has 3 unspecified atom stereocenters. The van der Waals surface area contributed by atoms with Gasteiger partial charge in [-0.1, -0.05) is 13.3 Å². The topological polar surface area (TPSA) is 57.9 Å². The number of nitrogens with zero attached hydrogens (tertiary/aromatic N) is 4. The Hall–Kier alpha value is -1.37. The summed E-state index contributed by atoms with van der Waals surface area (Å²) in [4.78, 5) is 11.8. The van der Waals surface area contributed by atoms with Gasteiger partial charge in [0.2, 0.25) is 0 Å². The molecular weight excluding hydrogens is 314 g/mol. The van der Waals surface area contributed by atoms with Crippen LogP contribution >= 0.6 is 0 Å². The molecule has 0 aliphatic carbocycles. The molecule has 1 aromatic heterocycles. The van der Waals surface area contributed by atoms with Crippen molar-refractivity contribution in [1.82, 2.24) is 14.8 Å². The van der Waals surface area contributed by atoms with Crippen LogP contribution in [0.5, 0.6) is 0 Å². The number of pyridine rings is 1. The molecule has 6 heteroatoms. The molecule has 0 bridgehead atoms. The fourth-order valence-electron chi connectivity index (χ4n) is 4.36. The van der Waals surface area contributed by atoms with E-state index in [1.165, 1.54) is 25.9 Å². The molecule has 2 aliphatic rings. The Balaban J connectivity index is 1.77. The fraction of sp³-hybridized carbons (Fsp3) is 0.737. The van der Waals surface area contributed by atoms with E-state index in [1.807, 2.05) is 19.4 Å². The van der Waals surface area contributed by atoms with E-state index in [2.05, 4.69) is 33.7 Å². The molecule has 0 radical (unpaired) electrons. The van der Waals surface area contributed by atoms with Gasteiger partial charge in [0, 0.05) is 45.4 Å². The smallest absolute Gasteiger partial charge is 0.131 e. The summed E-state index contributed by atoms with van der Waals surface area (Å²) in [6, 6.07) is 2.60. The average Bonchev–Trinajstić information content (AvgIpc) is 2.85. The Morgan fingerprint density at radius 2 is 2.08 bits per heavy atom. The number of nitrogen functional groups attached to an aromatic ring is 1. The first-order valence-electron chi connectivity index (χ1n) is 9.55. The number of ether oxygens (including phenoxy) is 1. The van der Waals surface area contributed by atoms with Crippen molar-refractivity contribution in [3.8, 4) is 0 Å². The van der Waals surface area contributed by atoms with Crippen molar-refractivity contribution in [1.29, 1.82) is 0 Å². The Labute approximate surface area is 151 Å². The SMILES string of the molecule is CCC1CN(c2cncc(N)c2)C(OC)CC1N1CCCN(C)CC1.